The molecule has 0 spiro atoms. The van der Waals surface area contributed by atoms with Crippen LogP contribution in [0.5, 0.6) is 0 Å². The lowest BCUT2D eigenvalue weighted by atomic mass is 9.84. The molecule has 4 atom stereocenters. The summed E-state index contributed by atoms with van der Waals surface area (Å²) < 4.78 is 0. The summed E-state index contributed by atoms with van der Waals surface area (Å²) >= 11 is 0. The molecule has 3 nitrogen and oxygen atoms in total. The van der Waals surface area contributed by atoms with E-state index in [0.717, 1.165) is 35.0 Å². The van der Waals surface area contributed by atoms with Crippen molar-refractivity contribution < 1.29 is 0 Å². The SMILES string of the molecule is Cc1cnc(C)c(N[C@H](C)[C@@H]2C[C@H]3CC[C@H]2C3)n1. The van der Waals surface area contributed by atoms with Gasteiger partial charge in [0.15, 0.2) is 0 Å². The molecule has 2 aliphatic carbocycles. The Morgan fingerprint density at radius 2 is 2.11 bits per heavy atom. The van der Waals surface area contributed by atoms with Gasteiger partial charge in [-0.1, -0.05) is 6.42 Å². The quantitative estimate of drug-likeness (QED) is 0.887. The van der Waals surface area contributed by atoms with Crippen LogP contribution in [0, 0.1) is 31.6 Å². The lowest BCUT2D eigenvalue weighted by Gasteiger charge is -2.29. The van der Waals surface area contributed by atoms with Crippen molar-refractivity contribution in [3.63, 3.8) is 0 Å². The number of aromatic nitrogens is 2. The second-order valence-electron chi connectivity index (χ2n) is 6.22. The van der Waals surface area contributed by atoms with Crippen molar-refractivity contribution in [2.75, 3.05) is 5.32 Å². The zero-order chi connectivity index (χ0) is 12.7. The van der Waals surface area contributed by atoms with Crippen LogP contribution in [0.2, 0.25) is 0 Å². The molecule has 1 N–H and O–H groups in total. The Balaban J connectivity index is 1.70. The molecule has 3 heteroatoms. The molecular weight excluding hydrogens is 222 g/mol. The van der Waals surface area contributed by atoms with E-state index in [-0.39, 0.29) is 0 Å². The number of rotatable bonds is 3. The number of nitrogens with one attached hydrogen (secondary N) is 1. The second kappa shape index (κ2) is 4.52. The molecule has 1 aromatic heterocycles. The van der Waals surface area contributed by atoms with E-state index in [1.807, 2.05) is 20.0 Å². The summed E-state index contributed by atoms with van der Waals surface area (Å²) in [5, 5.41) is 3.60. The number of aryl methyl sites for hydroxylation is 2. The van der Waals surface area contributed by atoms with Crippen molar-refractivity contribution in [2.24, 2.45) is 17.8 Å². The Bertz CT molecular complexity index is 443. The van der Waals surface area contributed by atoms with Crippen molar-refractivity contribution in [1.82, 2.24) is 9.97 Å². The maximum Gasteiger partial charge on any atom is 0.147 e. The fourth-order valence-corrected chi connectivity index (χ4v) is 3.90. The molecule has 0 radical (unpaired) electrons. The average Bonchev–Trinajstić information content (AvgIpc) is 2.96. The Morgan fingerprint density at radius 1 is 1.28 bits per heavy atom. The fraction of sp³-hybridized carbons (Fsp3) is 0.733. The molecule has 2 aliphatic rings. The summed E-state index contributed by atoms with van der Waals surface area (Å²) in [7, 11) is 0. The van der Waals surface area contributed by atoms with Gasteiger partial charge in [-0.15, -0.1) is 0 Å². The van der Waals surface area contributed by atoms with Crippen LogP contribution in [0.3, 0.4) is 0 Å². The molecule has 3 rings (SSSR count). The molecule has 1 aromatic rings. The molecule has 98 valence electrons. The van der Waals surface area contributed by atoms with E-state index in [9.17, 15) is 0 Å². The van der Waals surface area contributed by atoms with E-state index in [0.29, 0.717) is 6.04 Å². The van der Waals surface area contributed by atoms with Gasteiger partial charge in [-0.25, -0.2) is 4.98 Å². The molecule has 0 saturated heterocycles. The van der Waals surface area contributed by atoms with E-state index in [1.165, 1.54) is 25.7 Å². The van der Waals surface area contributed by atoms with Gasteiger partial charge in [-0.2, -0.15) is 0 Å². The van der Waals surface area contributed by atoms with Crippen molar-refractivity contribution in [3.05, 3.63) is 17.6 Å². The van der Waals surface area contributed by atoms with Gasteiger partial charge in [-0.05, 0) is 57.8 Å². The van der Waals surface area contributed by atoms with Crippen LogP contribution < -0.4 is 5.32 Å². The highest BCUT2D eigenvalue weighted by atomic mass is 15.0. The van der Waals surface area contributed by atoms with E-state index in [1.54, 1.807) is 0 Å². The average molecular weight is 245 g/mol. The maximum absolute atomic E-state index is 4.57. The summed E-state index contributed by atoms with van der Waals surface area (Å²) in [4.78, 5) is 8.95. The van der Waals surface area contributed by atoms with Gasteiger partial charge >= 0.3 is 0 Å². The number of hydrogen-bond acceptors (Lipinski definition) is 3. The van der Waals surface area contributed by atoms with Gasteiger partial charge in [0.2, 0.25) is 0 Å². The highest BCUT2D eigenvalue weighted by molar-refractivity contribution is 5.40. The van der Waals surface area contributed by atoms with Crippen molar-refractivity contribution in [2.45, 2.75) is 52.5 Å². The maximum atomic E-state index is 4.57. The highest BCUT2D eigenvalue weighted by Crippen LogP contribution is 2.49. The Kier molecular flexibility index (Phi) is 3.00. The minimum Gasteiger partial charge on any atom is -0.366 e. The Morgan fingerprint density at radius 3 is 2.78 bits per heavy atom. The molecule has 18 heavy (non-hydrogen) atoms. The Labute approximate surface area is 109 Å². The topological polar surface area (TPSA) is 37.8 Å². The van der Waals surface area contributed by atoms with Gasteiger partial charge in [0, 0.05) is 12.2 Å². The summed E-state index contributed by atoms with van der Waals surface area (Å²) in [5.41, 5.74) is 2.00. The predicted octanol–water partition coefficient (Wildman–Crippen LogP) is 3.33. The molecule has 2 saturated carbocycles. The van der Waals surface area contributed by atoms with Crippen LogP contribution in [-0.4, -0.2) is 16.0 Å². The third kappa shape index (κ3) is 2.11. The predicted molar refractivity (Wildman–Crippen MR) is 73.5 cm³/mol. The van der Waals surface area contributed by atoms with Gasteiger partial charge in [0.25, 0.3) is 0 Å². The van der Waals surface area contributed by atoms with Crippen molar-refractivity contribution >= 4 is 5.82 Å². The van der Waals surface area contributed by atoms with E-state index >= 15 is 0 Å². The normalized spacial score (nSPS) is 31.6. The van der Waals surface area contributed by atoms with Crippen LogP contribution in [0.25, 0.3) is 0 Å². The molecule has 0 amide bonds. The van der Waals surface area contributed by atoms with Crippen LogP contribution in [-0.2, 0) is 0 Å². The van der Waals surface area contributed by atoms with Crippen molar-refractivity contribution in [3.8, 4) is 0 Å². The second-order valence-corrected chi connectivity index (χ2v) is 6.22. The summed E-state index contributed by atoms with van der Waals surface area (Å²) in [5.74, 6) is 3.78. The summed E-state index contributed by atoms with van der Waals surface area (Å²) in [6.07, 6.45) is 7.63. The van der Waals surface area contributed by atoms with E-state index in [2.05, 4.69) is 22.2 Å². The Hall–Kier alpha value is -1.12. The number of nitrogens with zero attached hydrogens (tertiary/aromatic N) is 2. The van der Waals surface area contributed by atoms with Gasteiger partial charge in [0.05, 0.1) is 11.4 Å². The first-order valence-corrected chi connectivity index (χ1v) is 7.20. The van der Waals surface area contributed by atoms with Crippen LogP contribution in [0.1, 0.15) is 44.0 Å². The minimum absolute atomic E-state index is 0.523. The van der Waals surface area contributed by atoms with Gasteiger partial charge < -0.3 is 5.32 Å². The van der Waals surface area contributed by atoms with Gasteiger partial charge in [-0.3, -0.25) is 4.98 Å². The van der Waals surface area contributed by atoms with Crippen LogP contribution >= 0.6 is 0 Å². The number of hydrogen-bond donors (Lipinski definition) is 1. The monoisotopic (exact) mass is 245 g/mol. The fourth-order valence-electron chi connectivity index (χ4n) is 3.90. The molecule has 0 unspecified atom stereocenters. The number of fused-ring (bicyclic) bond motifs is 2. The van der Waals surface area contributed by atoms with Crippen LogP contribution in [0.4, 0.5) is 5.82 Å². The van der Waals surface area contributed by atoms with E-state index < -0.39 is 0 Å². The lowest BCUT2D eigenvalue weighted by molar-refractivity contribution is 0.304. The molecule has 2 bridgehead atoms. The molecule has 0 aromatic carbocycles. The smallest absolute Gasteiger partial charge is 0.147 e. The van der Waals surface area contributed by atoms with Crippen molar-refractivity contribution in [1.29, 1.82) is 0 Å². The number of anilines is 1. The third-order valence-electron chi connectivity index (χ3n) is 4.88. The lowest BCUT2D eigenvalue weighted by Crippen LogP contribution is -2.30. The zero-order valence-electron chi connectivity index (χ0n) is 11.6. The van der Waals surface area contributed by atoms with E-state index in [4.69, 9.17) is 0 Å². The highest BCUT2D eigenvalue weighted by Gasteiger charge is 2.41. The molecule has 0 aliphatic heterocycles. The minimum atomic E-state index is 0.523. The molecular formula is C15H23N3. The van der Waals surface area contributed by atoms with Gasteiger partial charge in [0.1, 0.15) is 5.82 Å². The first-order valence-electron chi connectivity index (χ1n) is 7.20. The summed E-state index contributed by atoms with van der Waals surface area (Å²) in [6, 6.07) is 0.523. The molecule has 1 heterocycles. The molecule has 2 fully saturated rings. The largest absolute Gasteiger partial charge is 0.366 e. The summed E-state index contributed by atoms with van der Waals surface area (Å²) in [6.45, 7) is 6.34. The third-order valence-corrected chi connectivity index (χ3v) is 4.88. The first kappa shape index (κ1) is 11.9. The first-order chi connectivity index (χ1) is 8.63. The standard InChI is InChI=1S/C15H23N3/c1-9-8-16-11(3)15(17-9)18-10(2)14-7-12-4-5-13(14)6-12/h8,10,12-14H,4-7H2,1-3H3,(H,17,18)/t10-,12+,13+,14+/m1/s1. The van der Waals surface area contributed by atoms with Crippen LogP contribution in [0.15, 0.2) is 6.20 Å². The zero-order valence-corrected chi connectivity index (χ0v) is 11.6.